The van der Waals surface area contributed by atoms with Gasteiger partial charge in [-0.25, -0.2) is 0 Å². The van der Waals surface area contributed by atoms with Crippen LogP contribution in [0.4, 0.5) is 11.4 Å². The molecule has 1 saturated carbocycles. The van der Waals surface area contributed by atoms with E-state index < -0.39 is 0 Å². The summed E-state index contributed by atoms with van der Waals surface area (Å²) in [5.41, 5.74) is 1.27. The van der Waals surface area contributed by atoms with Crippen molar-refractivity contribution in [2.75, 3.05) is 16.4 Å². The molecule has 130 valence electrons. The number of hydrogen-bond acceptors (Lipinski definition) is 3. The summed E-state index contributed by atoms with van der Waals surface area (Å²) in [6.45, 7) is 0. The molecule has 0 aliphatic heterocycles. The molecule has 4 nitrogen and oxygen atoms in total. The van der Waals surface area contributed by atoms with Gasteiger partial charge in [0.05, 0.1) is 21.5 Å². The highest BCUT2D eigenvalue weighted by Gasteiger charge is 2.29. The zero-order chi connectivity index (χ0) is 17.8. The summed E-state index contributed by atoms with van der Waals surface area (Å²) in [6.07, 6.45) is 1.96. The quantitative estimate of drug-likeness (QED) is 0.672. The zero-order valence-corrected chi connectivity index (χ0v) is 15.5. The topological polar surface area (TPSA) is 58.2 Å². The fourth-order valence-electron chi connectivity index (χ4n) is 2.16. The maximum absolute atomic E-state index is 12.1. The molecule has 0 unspecified atom stereocenters. The lowest BCUT2D eigenvalue weighted by Gasteiger charge is -2.08. The van der Waals surface area contributed by atoms with Gasteiger partial charge in [0.1, 0.15) is 0 Å². The molecule has 2 aromatic rings. The average Bonchev–Trinajstić information content (AvgIpc) is 3.43. The number of rotatable bonds is 6. The standard InChI is InChI=1S/C18H16Cl2N2O2S/c19-14-2-1-3-15(17(14)20)22-16(23)10-25-13-8-6-12(7-9-13)21-18(24)11-4-5-11/h1-3,6-9,11H,4-5,10H2,(H,21,24)(H,22,23). The van der Waals surface area contributed by atoms with E-state index in [2.05, 4.69) is 10.6 Å². The van der Waals surface area contributed by atoms with Crippen LogP contribution in [0, 0.1) is 5.92 Å². The van der Waals surface area contributed by atoms with Crippen LogP contribution in [0.3, 0.4) is 0 Å². The molecule has 1 aliphatic rings. The van der Waals surface area contributed by atoms with Gasteiger partial charge in [-0.1, -0.05) is 29.3 Å². The van der Waals surface area contributed by atoms with Crippen molar-refractivity contribution in [1.82, 2.24) is 0 Å². The predicted molar refractivity (Wildman–Crippen MR) is 104 cm³/mol. The van der Waals surface area contributed by atoms with Crippen LogP contribution >= 0.6 is 35.0 Å². The van der Waals surface area contributed by atoms with Gasteiger partial charge >= 0.3 is 0 Å². The Labute approximate surface area is 160 Å². The molecule has 0 radical (unpaired) electrons. The van der Waals surface area contributed by atoms with Gasteiger partial charge in [0.25, 0.3) is 0 Å². The van der Waals surface area contributed by atoms with E-state index in [1.807, 2.05) is 24.3 Å². The first-order valence-corrected chi connectivity index (χ1v) is 9.54. The number of thioether (sulfide) groups is 1. The molecule has 0 bridgehead atoms. The zero-order valence-electron chi connectivity index (χ0n) is 13.2. The Bertz CT molecular complexity index is 792. The smallest absolute Gasteiger partial charge is 0.234 e. The van der Waals surface area contributed by atoms with Crippen molar-refractivity contribution >= 4 is 58.2 Å². The van der Waals surface area contributed by atoms with Crippen LogP contribution in [0.25, 0.3) is 0 Å². The van der Waals surface area contributed by atoms with E-state index in [0.717, 1.165) is 23.4 Å². The van der Waals surface area contributed by atoms with Crippen LogP contribution in [0.1, 0.15) is 12.8 Å². The van der Waals surface area contributed by atoms with Crippen molar-refractivity contribution in [3.63, 3.8) is 0 Å². The number of hydrogen-bond donors (Lipinski definition) is 2. The molecule has 1 fully saturated rings. The molecular weight excluding hydrogens is 379 g/mol. The highest BCUT2D eigenvalue weighted by Crippen LogP contribution is 2.31. The summed E-state index contributed by atoms with van der Waals surface area (Å²) >= 11 is 13.4. The molecule has 25 heavy (non-hydrogen) atoms. The second-order valence-electron chi connectivity index (χ2n) is 5.73. The molecule has 2 N–H and O–H groups in total. The summed E-state index contributed by atoms with van der Waals surface area (Å²) in [5, 5.41) is 6.36. The molecule has 2 aromatic carbocycles. The number of anilines is 2. The molecule has 0 aromatic heterocycles. The summed E-state index contributed by atoms with van der Waals surface area (Å²) in [7, 11) is 0. The number of carbonyl (C=O) groups excluding carboxylic acids is 2. The Balaban J connectivity index is 1.50. The van der Waals surface area contributed by atoms with Crippen LogP contribution in [-0.4, -0.2) is 17.6 Å². The molecule has 2 amide bonds. The Kier molecular flexibility index (Phi) is 5.89. The van der Waals surface area contributed by atoms with E-state index in [1.54, 1.807) is 18.2 Å². The van der Waals surface area contributed by atoms with Crippen molar-refractivity contribution < 1.29 is 9.59 Å². The van der Waals surface area contributed by atoms with Crippen LogP contribution in [0.15, 0.2) is 47.4 Å². The van der Waals surface area contributed by atoms with Crippen LogP contribution < -0.4 is 10.6 Å². The van der Waals surface area contributed by atoms with Gasteiger partial charge in [0.2, 0.25) is 11.8 Å². The third-order valence-corrected chi connectivity index (χ3v) is 5.50. The fraction of sp³-hybridized carbons (Fsp3) is 0.222. The summed E-state index contributed by atoms with van der Waals surface area (Å²) in [5.74, 6) is 0.339. The maximum Gasteiger partial charge on any atom is 0.234 e. The Morgan fingerprint density at radius 2 is 1.76 bits per heavy atom. The lowest BCUT2D eigenvalue weighted by atomic mass is 10.3. The highest BCUT2D eigenvalue weighted by molar-refractivity contribution is 8.00. The van der Waals surface area contributed by atoms with Crippen molar-refractivity contribution in [3.8, 4) is 0 Å². The fourth-order valence-corrected chi connectivity index (χ4v) is 3.21. The van der Waals surface area contributed by atoms with Gasteiger partial charge in [0.15, 0.2) is 0 Å². The number of amides is 2. The summed E-state index contributed by atoms with van der Waals surface area (Å²) in [6, 6.07) is 12.5. The van der Waals surface area contributed by atoms with E-state index in [9.17, 15) is 9.59 Å². The minimum absolute atomic E-state index is 0.0816. The molecule has 7 heteroatoms. The predicted octanol–water partition coefficient (Wildman–Crippen LogP) is 5.07. The van der Waals surface area contributed by atoms with E-state index in [0.29, 0.717) is 15.7 Å². The number of nitrogens with one attached hydrogen (secondary N) is 2. The minimum atomic E-state index is -0.166. The summed E-state index contributed by atoms with van der Waals surface area (Å²) < 4.78 is 0. The lowest BCUT2D eigenvalue weighted by molar-refractivity contribution is -0.117. The largest absolute Gasteiger partial charge is 0.326 e. The first-order chi connectivity index (χ1) is 12.0. The third kappa shape index (κ3) is 5.14. The number of halogens is 2. The Hall–Kier alpha value is -1.69. The molecular formula is C18H16Cl2N2O2S. The molecule has 0 heterocycles. The van der Waals surface area contributed by atoms with E-state index in [4.69, 9.17) is 23.2 Å². The molecule has 0 saturated heterocycles. The van der Waals surface area contributed by atoms with Gasteiger partial charge in [-0.3, -0.25) is 9.59 Å². The van der Waals surface area contributed by atoms with E-state index >= 15 is 0 Å². The SMILES string of the molecule is O=C(CSc1ccc(NC(=O)C2CC2)cc1)Nc1cccc(Cl)c1Cl. The maximum atomic E-state index is 12.1. The molecule has 1 aliphatic carbocycles. The molecule has 3 rings (SSSR count). The van der Waals surface area contributed by atoms with E-state index in [-0.39, 0.29) is 23.5 Å². The third-order valence-electron chi connectivity index (χ3n) is 3.67. The van der Waals surface area contributed by atoms with Crippen molar-refractivity contribution in [1.29, 1.82) is 0 Å². The Morgan fingerprint density at radius 3 is 2.44 bits per heavy atom. The average molecular weight is 395 g/mol. The number of carbonyl (C=O) groups is 2. The molecule has 0 atom stereocenters. The Morgan fingerprint density at radius 1 is 1.04 bits per heavy atom. The second kappa shape index (κ2) is 8.13. The normalized spacial score (nSPS) is 13.4. The van der Waals surface area contributed by atoms with Gasteiger partial charge in [-0.05, 0) is 49.2 Å². The molecule has 0 spiro atoms. The first-order valence-electron chi connectivity index (χ1n) is 7.80. The second-order valence-corrected chi connectivity index (χ2v) is 7.56. The lowest BCUT2D eigenvalue weighted by Crippen LogP contribution is -2.14. The highest BCUT2D eigenvalue weighted by atomic mass is 35.5. The van der Waals surface area contributed by atoms with Crippen molar-refractivity contribution in [3.05, 3.63) is 52.5 Å². The van der Waals surface area contributed by atoms with Gasteiger partial charge < -0.3 is 10.6 Å². The van der Waals surface area contributed by atoms with E-state index in [1.165, 1.54) is 11.8 Å². The van der Waals surface area contributed by atoms with Crippen LogP contribution in [0.5, 0.6) is 0 Å². The monoisotopic (exact) mass is 394 g/mol. The van der Waals surface area contributed by atoms with Crippen LogP contribution in [-0.2, 0) is 9.59 Å². The van der Waals surface area contributed by atoms with Crippen LogP contribution in [0.2, 0.25) is 10.0 Å². The van der Waals surface area contributed by atoms with Gasteiger partial charge in [0, 0.05) is 16.5 Å². The minimum Gasteiger partial charge on any atom is -0.326 e. The van der Waals surface area contributed by atoms with Gasteiger partial charge in [-0.2, -0.15) is 0 Å². The summed E-state index contributed by atoms with van der Waals surface area (Å²) in [4.78, 5) is 24.7. The first kappa shape index (κ1) is 18.1. The number of benzene rings is 2. The van der Waals surface area contributed by atoms with Crippen molar-refractivity contribution in [2.24, 2.45) is 5.92 Å². The van der Waals surface area contributed by atoms with Crippen molar-refractivity contribution in [2.45, 2.75) is 17.7 Å². The van der Waals surface area contributed by atoms with Gasteiger partial charge in [-0.15, -0.1) is 11.8 Å².